The van der Waals surface area contributed by atoms with Crippen LogP contribution in [0, 0.1) is 12.3 Å². The van der Waals surface area contributed by atoms with Crippen molar-refractivity contribution in [2.24, 2.45) is 0 Å². The van der Waals surface area contributed by atoms with Crippen molar-refractivity contribution in [3.63, 3.8) is 0 Å². The number of epoxide rings is 1. The van der Waals surface area contributed by atoms with Crippen LogP contribution in [0.15, 0.2) is 0 Å². The summed E-state index contributed by atoms with van der Waals surface area (Å²) in [4.78, 5) is 0. The summed E-state index contributed by atoms with van der Waals surface area (Å²) in [6.45, 7) is 0.774. The standard InChI is InChI=1S/C4H4O/c1-2-4-3-5-4/h1,4H,3H2. The maximum absolute atomic E-state index is 4.86. The van der Waals surface area contributed by atoms with E-state index >= 15 is 0 Å². The van der Waals surface area contributed by atoms with Gasteiger partial charge in [-0.2, -0.15) is 0 Å². The Labute approximate surface area is 30.9 Å². The van der Waals surface area contributed by atoms with Crippen molar-refractivity contribution in [2.75, 3.05) is 6.61 Å². The molecule has 0 aliphatic carbocycles. The van der Waals surface area contributed by atoms with Gasteiger partial charge in [0.1, 0.15) is 6.10 Å². The lowest BCUT2D eigenvalue weighted by molar-refractivity contribution is 0.445. The topological polar surface area (TPSA) is 12.5 Å². The summed E-state index contributed by atoms with van der Waals surface area (Å²) in [5.41, 5.74) is 0. The van der Waals surface area contributed by atoms with Gasteiger partial charge in [0.25, 0.3) is 0 Å². The molecule has 0 amide bonds. The molecular weight excluding hydrogens is 64.0 g/mol. The lowest BCUT2D eigenvalue weighted by Crippen LogP contribution is -1.67. The molecule has 0 radical (unpaired) electrons. The van der Waals surface area contributed by atoms with Gasteiger partial charge in [-0.25, -0.2) is 0 Å². The molecule has 0 spiro atoms. The molecule has 0 aromatic rings. The first kappa shape index (κ1) is 2.74. The summed E-state index contributed by atoms with van der Waals surface area (Å²) in [5, 5.41) is 0. The zero-order chi connectivity index (χ0) is 3.70. The summed E-state index contributed by atoms with van der Waals surface area (Å²) < 4.78 is 4.62. The first-order chi connectivity index (χ1) is 2.43. The van der Waals surface area contributed by atoms with Gasteiger partial charge >= 0.3 is 0 Å². The quantitative estimate of drug-likeness (QED) is 0.288. The van der Waals surface area contributed by atoms with Crippen molar-refractivity contribution in [1.29, 1.82) is 0 Å². The van der Waals surface area contributed by atoms with Crippen LogP contribution in [0.5, 0.6) is 0 Å². The Hall–Kier alpha value is -0.480. The minimum absolute atomic E-state index is 0.162. The second kappa shape index (κ2) is 0.734. The molecule has 0 aromatic heterocycles. The summed E-state index contributed by atoms with van der Waals surface area (Å²) >= 11 is 0. The van der Waals surface area contributed by atoms with Crippen molar-refractivity contribution >= 4 is 0 Å². The van der Waals surface area contributed by atoms with E-state index < -0.39 is 0 Å². The Kier molecular flexibility index (Phi) is 0.402. The minimum atomic E-state index is 0.162. The highest BCUT2D eigenvalue weighted by atomic mass is 16.6. The monoisotopic (exact) mass is 68.0 g/mol. The van der Waals surface area contributed by atoms with Crippen LogP contribution in [-0.4, -0.2) is 12.7 Å². The van der Waals surface area contributed by atoms with Gasteiger partial charge < -0.3 is 4.74 Å². The molecule has 1 nitrogen and oxygen atoms in total. The Bertz CT molecular complexity index is 66.2. The van der Waals surface area contributed by atoms with Crippen molar-refractivity contribution in [3.05, 3.63) is 0 Å². The first-order valence-electron chi connectivity index (χ1n) is 1.51. The van der Waals surface area contributed by atoms with Gasteiger partial charge in [-0.3, -0.25) is 0 Å². The van der Waals surface area contributed by atoms with Crippen LogP contribution in [0.4, 0.5) is 0 Å². The van der Waals surface area contributed by atoms with Gasteiger partial charge in [0, 0.05) is 0 Å². The Morgan fingerprint density at radius 3 is 2.60 bits per heavy atom. The third-order valence-electron chi connectivity index (χ3n) is 0.519. The van der Waals surface area contributed by atoms with Crippen molar-refractivity contribution in [2.45, 2.75) is 6.10 Å². The van der Waals surface area contributed by atoms with Crippen molar-refractivity contribution in [1.82, 2.24) is 0 Å². The number of terminal acetylenes is 1. The molecule has 1 aliphatic rings. The van der Waals surface area contributed by atoms with Gasteiger partial charge in [-0.15, -0.1) is 6.42 Å². The maximum Gasteiger partial charge on any atom is 0.141 e. The zero-order valence-electron chi connectivity index (χ0n) is 2.77. The van der Waals surface area contributed by atoms with E-state index in [9.17, 15) is 0 Å². The lowest BCUT2D eigenvalue weighted by Gasteiger charge is -1.54. The van der Waals surface area contributed by atoms with Crippen LogP contribution in [0.25, 0.3) is 0 Å². The van der Waals surface area contributed by atoms with Gasteiger partial charge in [0.15, 0.2) is 0 Å². The summed E-state index contributed by atoms with van der Waals surface area (Å²) in [6, 6.07) is 0. The third kappa shape index (κ3) is 0.398. The Morgan fingerprint density at radius 1 is 2.00 bits per heavy atom. The molecule has 26 valence electrons. The maximum atomic E-state index is 4.86. The zero-order valence-corrected chi connectivity index (χ0v) is 2.77. The molecule has 1 rings (SSSR count). The molecule has 1 heteroatoms. The number of hydrogen-bond acceptors (Lipinski definition) is 1. The Morgan fingerprint density at radius 2 is 2.60 bits per heavy atom. The van der Waals surface area contributed by atoms with Crippen LogP contribution in [0.2, 0.25) is 0 Å². The number of rotatable bonds is 0. The predicted molar refractivity (Wildman–Crippen MR) is 18.6 cm³/mol. The number of hydrogen-bond donors (Lipinski definition) is 0. The largest absolute Gasteiger partial charge is 0.359 e. The minimum Gasteiger partial charge on any atom is -0.359 e. The Balaban J connectivity index is 2.30. The van der Waals surface area contributed by atoms with Crippen molar-refractivity contribution < 1.29 is 4.74 Å². The third-order valence-corrected chi connectivity index (χ3v) is 0.519. The van der Waals surface area contributed by atoms with Crippen LogP contribution in [0.1, 0.15) is 0 Å². The fourth-order valence-electron chi connectivity index (χ4n) is 0.144. The van der Waals surface area contributed by atoms with Gasteiger partial charge in [0.05, 0.1) is 6.61 Å². The van der Waals surface area contributed by atoms with E-state index in [0.717, 1.165) is 6.61 Å². The SMILES string of the molecule is C#CC1CO1. The summed E-state index contributed by atoms with van der Waals surface area (Å²) in [7, 11) is 0. The second-order valence-electron chi connectivity index (χ2n) is 0.989. The van der Waals surface area contributed by atoms with E-state index in [-0.39, 0.29) is 6.10 Å². The van der Waals surface area contributed by atoms with E-state index in [1.165, 1.54) is 0 Å². The van der Waals surface area contributed by atoms with Gasteiger partial charge in [-0.05, 0) is 0 Å². The van der Waals surface area contributed by atoms with Crippen molar-refractivity contribution in [3.8, 4) is 12.3 Å². The van der Waals surface area contributed by atoms with E-state index in [0.29, 0.717) is 0 Å². The fourth-order valence-corrected chi connectivity index (χ4v) is 0.144. The smallest absolute Gasteiger partial charge is 0.141 e. The average molecular weight is 68.1 g/mol. The summed E-state index contributed by atoms with van der Waals surface area (Å²) in [5.74, 6) is 2.42. The van der Waals surface area contributed by atoms with Crippen LogP contribution in [0.3, 0.4) is 0 Å². The van der Waals surface area contributed by atoms with E-state index in [1.54, 1.807) is 0 Å². The van der Waals surface area contributed by atoms with E-state index in [1.807, 2.05) is 0 Å². The normalized spacial score (nSPS) is 32.2. The highest BCUT2D eigenvalue weighted by Crippen LogP contribution is 2.04. The molecular formula is C4H4O. The highest BCUT2D eigenvalue weighted by molar-refractivity contribution is 5.00. The summed E-state index contributed by atoms with van der Waals surface area (Å²) in [6.07, 6.45) is 5.02. The fraction of sp³-hybridized carbons (Fsp3) is 0.500. The molecule has 1 unspecified atom stereocenters. The predicted octanol–water partition coefficient (Wildman–Crippen LogP) is 0.0184. The molecule has 5 heavy (non-hydrogen) atoms. The molecule has 1 heterocycles. The molecule has 1 fully saturated rings. The number of ether oxygens (including phenoxy) is 1. The second-order valence-corrected chi connectivity index (χ2v) is 0.989. The molecule has 1 aliphatic heterocycles. The average Bonchev–Trinajstić information content (AvgIpc) is 2.12. The van der Waals surface area contributed by atoms with E-state index in [2.05, 4.69) is 10.7 Å². The van der Waals surface area contributed by atoms with E-state index in [4.69, 9.17) is 6.42 Å². The molecule has 1 saturated heterocycles. The molecule has 0 aromatic carbocycles. The van der Waals surface area contributed by atoms with Crippen LogP contribution < -0.4 is 0 Å². The van der Waals surface area contributed by atoms with Crippen LogP contribution >= 0.6 is 0 Å². The van der Waals surface area contributed by atoms with Crippen LogP contribution in [-0.2, 0) is 4.74 Å². The van der Waals surface area contributed by atoms with Gasteiger partial charge in [0.2, 0.25) is 0 Å². The highest BCUT2D eigenvalue weighted by Gasteiger charge is 2.17. The lowest BCUT2D eigenvalue weighted by atomic mass is 10.5. The van der Waals surface area contributed by atoms with Gasteiger partial charge in [-0.1, -0.05) is 5.92 Å². The molecule has 0 saturated carbocycles. The molecule has 1 atom stereocenters. The molecule has 0 bridgehead atoms. The molecule has 0 N–H and O–H groups in total. The first-order valence-corrected chi connectivity index (χ1v) is 1.51.